The number of morpholine rings is 2. The van der Waals surface area contributed by atoms with Gasteiger partial charge in [-0.2, -0.15) is 0 Å². The minimum absolute atomic E-state index is 0.128. The van der Waals surface area contributed by atoms with E-state index in [-0.39, 0.29) is 10.6 Å². The van der Waals surface area contributed by atoms with E-state index in [0.29, 0.717) is 25.4 Å². The van der Waals surface area contributed by atoms with Crippen molar-refractivity contribution in [3.63, 3.8) is 0 Å². The molecule has 0 radical (unpaired) electrons. The van der Waals surface area contributed by atoms with Crippen LogP contribution in [0.25, 0.3) is 0 Å². The summed E-state index contributed by atoms with van der Waals surface area (Å²) < 4.78 is 10.7. The van der Waals surface area contributed by atoms with E-state index in [0.717, 1.165) is 58.0 Å². The molecule has 2 aliphatic rings. The number of anilines is 2. The quantitative estimate of drug-likeness (QED) is 0.454. The zero-order valence-electron chi connectivity index (χ0n) is 14.5. The third-order valence-corrected chi connectivity index (χ3v) is 4.62. The van der Waals surface area contributed by atoms with Crippen LogP contribution in [0.3, 0.4) is 0 Å². The average molecular weight is 350 g/mol. The second kappa shape index (κ2) is 8.98. The van der Waals surface area contributed by atoms with Crippen LogP contribution in [0, 0.1) is 10.1 Å². The van der Waals surface area contributed by atoms with Crippen LogP contribution in [0.15, 0.2) is 18.2 Å². The van der Waals surface area contributed by atoms with Gasteiger partial charge in [-0.05, 0) is 25.1 Å². The molecule has 8 nitrogen and oxygen atoms in total. The largest absolute Gasteiger partial charge is 0.379 e. The topological polar surface area (TPSA) is 80.1 Å². The maximum absolute atomic E-state index is 11.3. The SMILES string of the molecule is O=[N+]([O-])c1ccc(N2CCOCC2)cc1NCCCN1CCOCC1. The van der Waals surface area contributed by atoms with Gasteiger partial charge in [-0.3, -0.25) is 15.0 Å². The van der Waals surface area contributed by atoms with Crippen molar-refractivity contribution in [1.29, 1.82) is 0 Å². The van der Waals surface area contributed by atoms with Gasteiger partial charge in [0.05, 0.1) is 31.4 Å². The first-order valence-corrected chi connectivity index (χ1v) is 8.89. The summed E-state index contributed by atoms with van der Waals surface area (Å²) in [4.78, 5) is 15.5. The van der Waals surface area contributed by atoms with Crippen LogP contribution in [0.1, 0.15) is 6.42 Å². The molecule has 25 heavy (non-hydrogen) atoms. The summed E-state index contributed by atoms with van der Waals surface area (Å²) in [6.07, 6.45) is 0.943. The molecule has 2 fully saturated rings. The molecule has 1 aromatic carbocycles. The average Bonchev–Trinajstić information content (AvgIpc) is 2.66. The van der Waals surface area contributed by atoms with Gasteiger partial charge in [0.25, 0.3) is 5.69 Å². The van der Waals surface area contributed by atoms with Crippen molar-refractivity contribution in [3.05, 3.63) is 28.3 Å². The minimum Gasteiger partial charge on any atom is -0.379 e. The number of nitrogens with one attached hydrogen (secondary N) is 1. The van der Waals surface area contributed by atoms with Gasteiger partial charge in [0, 0.05) is 44.5 Å². The highest BCUT2D eigenvalue weighted by Crippen LogP contribution is 2.30. The summed E-state index contributed by atoms with van der Waals surface area (Å²) in [6, 6.07) is 5.30. The second-order valence-electron chi connectivity index (χ2n) is 6.29. The fourth-order valence-electron chi connectivity index (χ4n) is 3.19. The van der Waals surface area contributed by atoms with E-state index in [1.807, 2.05) is 12.1 Å². The summed E-state index contributed by atoms with van der Waals surface area (Å²) >= 11 is 0. The highest BCUT2D eigenvalue weighted by molar-refractivity contribution is 5.69. The van der Waals surface area contributed by atoms with Crippen LogP contribution >= 0.6 is 0 Å². The molecule has 138 valence electrons. The maximum atomic E-state index is 11.3. The molecule has 0 aromatic heterocycles. The first-order chi connectivity index (χ1) is 12.2. The Morgan fingerprint density at radius 3 is 2.44 bits per heavy atom. The summed E-state index contributed by atoms with van der Waals surface area (Å²) in [5, 5.41) is 14.6. The number of ether oxygens (including phenoxy) is 2. The van der Waals surface area contributed by atoms with E-state index in [2.05, 4.69) is 15.1 Å². The van der Waals surface area contributed by atoms with Gasteiger partial charge in [-0.1, -0.05) is 0 Å². The molecular weight excluding hydrogens is 324 g/mol. The Bertz CT molecular complexity index is 572. The van der Waals surface area contributed by atoms with Crippen LogP contribution in [0.4, 0.5) is 17.1 Å². The number of hydrogen-bond donors (Lipinski definition) is 1. The molecule has 2 aliphatic heterocycles. The zero-order chi connectivity index (χ0) is 17.5. The van der Waals surface area contributed by atoms with Crippen molar-refractivity contribution < 1.29 is 14.4 Å². The number of benzene rings is 1. The van der Waals surface area contributed by atoms with Crippen molar-refractivity contribution >= 4 is 17.1 Å². The molecule has 0 aliphatic carbocycles. The van der Waals surface area contributed by atoms with Gasteiger partial charge in [-0.25, -0.2) is 0 Å². The normalized spacial score (nSPS) is 19.0. The van der Waals surface area contributed by atoms with Crippen molar-refractivity contribution in [3.8, 4) is 0 Å². The lowest BCUT2D eigenvalue weighted by molar-refractivity contribution is -0.383. The van der Waals surface area contributed by atoms with Crippen LogP contribution in [-0.4, -0.2) is 75.5 Å². The highest BCUT2D eigenvalue weighted by Gasteiger charge is 2.18. The molecule has 8 heteroatoms. The molecule has 2 saturated heterocycles. The molecule has 2 heterocycles. The lowest BCUT2D eigenvalue weighted by Crippen LogP contribution is -2.37. The van der Waals surface area contributed by atoms with E-state index < -0.39 is 0 Å². The van der Waals surface area contributed by atoms with E-state index >= 15 is 0 Å². The summed E-state index contributed by atoms with van der Waals surface area (Å²) in [5.74, 6) is 0. The number of nitro groups is 1. The Morgan fingerprint density at radius 2 is 1.76 bits per heavy atom. The Balaban J connectivity index is 1.58. The predicted octanol–water partition coefficient (Wildman–Crippen LogP) is 1.57. The van der Waals surface area contributed by atoms with Crippen LogP contribution in [0.5, 0.6) is 0 Å². The molecule has 0 saturated carbocycles. The third-order valence-electron chi connectivity index (χ3n) is 4.62. The Morgan fingerprint density at radius 1 is 1.08 bits per heavy atom. The fraction of sp³-hybridized carbons (Fsp3) is 0.647. The molecule has 0 amide bonds. The minimum atomic E-state index is -0.326. The van der Waals surface area contributed by atoms with Crippen molar-refractivity contribution in [2.45, 2.75) is 6.42 Å². The first kappa shape index (κ1) is 17.9. The Hall–Kier alpha value is -1.90. The fourth-order valence-corrected chi connectivity index (χ4v) is 3.19. The lowest BCUT2D eigenvalue weighted by Gasteiger charge is -2.29. The molecule has 1 N–H and O–H groups in total. The van der Waals surface area contributed by atoms with E-state index in [1.54, 1.807) is 6.07 Å². The van der Waals surface area contributed by atoms with Crippen LogP contribution in [0.2, 0.25) is 0 Å². The van der Waals surface area contributed by atoms with Gasteiger partial charge < -0.3 is 19.7 Å². The molecule has 0 unspecified atom stereocenters. The van der Waals surface area contributed by atoms with E-state index in [1.165, 1.54) is 0 Å². The number of hydrogen-bond acceptors (Lipinski definition) is 7. The van der Waals surface area contributed by atoms with Gasteiger partial charge in [0.1, 0.15) is 5.69 Å². The van der Waals surface area contributed by atoms with Gasteiger partial charge in [0.15, 0.2) is 0 Å². The third kappa shape index (κ3) is 5.04. The molecule has 0 atom stereocenters. The summed E-state index contributed by atoms with van der Waals surface area (Å²) in [6.45, 7) is 8.22. The van der Waals surface area contributed by atoms with Crippen LogP contribution in [-0.2, 0) is 9.47 Å². The molecule has 0 bridgehead atoms. The smallest absolute Gasteiger partial charge is 0.292 e. The standard InChI is InChI=1S/C17H26N4O4/c22-21(23)17-3-2-15(20-8-12-25-13-9-20)14-16(17)18-4-1-5-19-6-10-24-11-7-19/h2-3,14,18H,1,4-13H2. The number of nitro benzene ring substituents is 1. The van der Waals surface area contributed by atoms with Crippen molar-refractivity contribution in [2.75, 3.05) is 75.9 Å². The van der Waals surface area contributed by atoms with Gasteiger partial charge >= 0.3 is 0 Å². The Kier molecular flexibility index (Phi) is 6.43. The van der Waals surface area contributed by atoms with E-state index in [4.69, 9.17) is 9.47 Å². The summed E-state index contributed by atoms with van der Waals surface area (Å²) in [7, 11) is 0. The molecule has 0 spiro atoms. The van der Waals surface area contributed by atoms with E-state index in [9.17, 15) is 10.1 Å². The maximum Gasteiger partial charge on any atom is 0.292 e. The van der Waals surface area contributed by atoms with Gasteiger partial charge in [0.2, 0.25) is 0 Å². The predicted molar refractivity (Wildman–Crippen MR) is 96.5 cm³/mol. The van der Waals surface area contributed by atoms with Gasteiger partial charge in [-0.15, -0.1) is 0 Å². The number of nitrogens with zero attached hydrogens (tertiary/aromatic N) is 3. The molecule has 1 aromatic rings. The zero-order valence-corrected chi connectivity index (χ0v) is 14.5. The molecule has 3 rings (SSSR count). The van der Waals surface area contributed by atoms with Crippen molar-refractivity contribution in [1.82, 2.24) is 4.90 Å². The molecular formula is C17H26N4O4. The van der Waals surface area contributed by atoms with Crippen molar-refractivity contribution in [2.24, 2.45) is 0 Å². The lowest BCUT2D eigenvalue weighted by atomic mass is 10.2. The summed E-state index contributed by atoms with van der Waals surface area (Å²) in [5.41, 5.74) is 1.73. The highest BCUT2D eigenvalue weighted by atomic mass is 16.6. The second-order valence-corrected chi connectivity index (χ2v) is 6.29. The first-order valence-electron chi connectivity index (χ1n) is 8.89. The number of rotatable bonds is 7. The van der Waals surface area contributed by atoms with Crippen LogP contribution < -0.4 is 10.2 Å². The Labute approximate surface area is 147 Å². The monoisotopic (exact) mass is 350 g/mol.